The molecule has 178 valence electrons. The Hall–Kier alpha value is -0.380. The molecule has 2 aliphatic heterocycles. The van der Waals surface area contributed by atoms with Crippen LogP contribution in [0.4, 0.5) is 0 Å². The summed E-state index contributed by atoms with van der Waals surface area (Å²) in [5.74, 6) is 5.97. The van der Waals surface area contributed by atoms with Gasteiger partial charge in [0, 0.05) is 25.0 Å². The van der Waals surface area contributed by atoms with Crippen LogP contribution in [-0.4, -0.2) is 49.0 Å². The molecule has 32 heavy (non-hydrogen) atoms. The highest BCUT2D eigenvalue weighted by Gasteiger charge is 2.63. The Morgan fingerprint density at radius 2 is 1.28 bits per heavy atom. The molecule has 6 fully saturated rings. The van der Waals surface area contributed by atoms with E-state index in [1.54, 1.807) is 0 Å². The van der Waals surface area contributed by atoms with Gasteiger partial charge in [0.15, 0.2) is 0 Å². The number of rotatable bonds is 1. The van der Waals surface area contributed by atoms with E-state index >= 15 is 0 Å². The van der Waals surface area contributed by atoms with Crippen molar-refractivity contribution in [3.05, 3.63) is 12.2 Å². The summed E-state index contributed by atoms with van der Waals surface area (Å²) >= 11 is 0. The zero-order valence-electron chi connectivity index (χ0n) is 20.1. The third-order valence-electron chi connectivity index (χ3n) is 11.6. The van der Waals surface area contributed by atoms with Crippen LogP contribution in [0.15, 0.2) is 12.2 Å². The molecule has 5 saturated carbocycles. The topological polar surface area (TPSA) is 21.7 Å². The maximum Gasteiger partial charge on any atom is 0.0928 e. The standard InChI is InChI=1S/C29H45NO2/c1-2-10-23-20(7-1)24-13-14-29(32-28(24)19-27(23)30-15-17-31-18-16-30)25-11-5-3-8-21(25)22-9-4-6-12-26(22)29/h13-14,20-28H,1-12,15-19H2. The van der Waals surface area contributed by atoms with Crippen LogP contribution in [0.1, 0.15) is 83.5 Å². The molecular formula is C29H45NO2. The van der Waals surface area contributed by atoms with Crippen molar-refractivity contribution in [3.63, 3.8) is 0 Å². The molecule has 7 aliphatic rings. The molecule has 9 unspecified atom stereocenters. The van der Waals surface area contributed by atoms with Crippen molar-refractivity contribution in [2.45, 2.75) is 101 Å². The van der Waals surface area contributed by atoms with Gasteiger partial charge in [0.25, 0.3) is 0 Å². The zero-order chi connectivity index (χ0) is 21.1. The molecule has 0 radical (unpaired) electrons. The molecule has 0 bridgehead atoms. The number of morpholine rings is 1. The van der Waals surface area contributed by atoms with Crippen molar-refractivity contribution in [1.29, 1.82) is 0 Å². The monoisotopic (exact) mass is 439 g/mol. The Kier molecular flexibility index (Phi) is 5.49. The summed E-state index contributed by atoms with van der Waals surface area (Å²) in [7, 11) is 0. The van der Waals surface area contributed by atoms with E-state index in [1.807, 2.05) is 0 Å². The van der Waals surface area contributed by atoms with E-state index in [0.717, 1.165) is 67.9 Å². The predicted octanol–water partition coefficient (Wildman–Crippen LogP) is 5.83. The van der Waals surface area contributed by atoms with Crippen LogP contribution in [-0.2, 0) is 9.47 Å². The van der Waals surface area contributed by atoms with E-state index < -0.39 is 0 Å². The molecule has 0 amide bonds. The molecule has 1 spiro atoms. The minimum absolute atomic E-state index is 0.0917. The van der Waals surface area contributed by atoms with Gasteiger partial charge in [-0.15, -0.1) is 0 Å². The van der Waals surface area contributed by atoms with E-state index in [0.29, 0.717) is 12.0 Å². The first-order valence-corrected chi connectivity index (χ1v) is 14.5. The average molecular weight is 440 g/mol. The SMILES string of the molecule is C1=CC2(OC3CC(N4CCOCC4)C4CCCCC4C13)C1CCCCC1C1CCCCC12. The molecule has 0 aromatic heterocycles. The van der Waals surface area contributed by atoms with Gasteiger partial charge in [-0.05, 0) is 80.5 Å². The minimum atomic E-state index is 0.0917. The first-order chi connectivity index (χ1) is 15.9. The molecule has 9 atom stereocenters. The highest BCUT2D eigenvalue weighted by atomic mass is 16.5. The maximum absolute atomic E-state index is 7.60. The number of hydrogen-bond donors (Lipinski definition) is 0. The third-order valence-corrected chi connectivity index (χ3v) is 11.6. The number of nitrogens with zero attached hydrogens (tertiary/aromatic N) is 1. The molecule has 7 rings (SSSR count). The lowest BCUT2D eigenvalue weighted by atomic mass is 9.60. The lowest BCUT2D eigenvalue weighted by Crippen LogP contribution is -2.60. The molecular weight excluding hydrogens is 394 g/mol. The van der Waals surface area contributed by atoms with Gasteiger partial charge in [-0.25, -0.2) is 0 Å². The van der Waals surface area contributed by atoms with Gasteiger partial charge in [0.1, 0.15) is 0 Å². The molecule has 3 nitrogen and oxygen atoms in total. The van der Waals surface area contributed by atoms with Crippen LogP contribution in [0, 0.1) is 41.4 Å². The van der Waals surface area contributed by atoms with E-state index in [1.165, 1.54) is 83.5 Å². The van der Waals surface area contributed by atoms with Crippen molar-refractivity contribution in [2.24, 2.45) is 41.4 Å². The maximum atomic E-state index is 7.60. The summed E-state index contributed by atoms with van der Waals surface area (Å²) in [4.78, 5) is 2.82. The summed E-state index contributed by atoms with van der Waals surface area (Å²) in [5, 5.41) is 0. The summed E-state index contributed by atoms with van der Waals surface area (Å²) in [6, 6.07) is 0.736. The van der Waals surface area contributed by atoms with Gasteiger partial charge < -0.3 is 9.47 Å². The molecule has 0 aromatic rings. The van der Waals surface area contributed by atoms with Crippen molar-refractivity contribution in [3.8, 4) is 0 Å². The third kappa shape index (κ3) is 3.16. The fraction of sp³-hybridized carbons (Fsp3) is 0.931. The Bertz CT molecular complexity index is 692. The average Bonchev–Trinajstić information content (AvgIpc) is 3.13. The van der Waals surface area contributed by atoms with Gasteiger partial charge in [-0.1, -0.05) is 50.7 Å². The molecule has 1 saturated heterocycles. The van der Waals surface area contributed by atoms with Gasteiger partial charge in [0.05, 0.1) is 24.9 Å². The Morgan fingerprint density at radius 1 is 0.688 bits per heavy atom. The van der Waals surface area contributed by atoms with E-state index in [4.69, 9.17) is 9.47 Å². The summed E-state index contributed by atoms with van der Waals surface area (Å²) in [5.41, 5.74) is 0.0917. The van der Waals surface area contributed by atoms with E-state index in [-0.39, 0.29) is 5.60 Å². The molecule has 2 heterocycles. The Morgan fingerprint density at radius 3 is 1.97 bits per heavy atom. The van der Waals surface area contributed by atoms with Gasteiger partial charge in [0.2, 0.25) is 0 Å². The van der Waals surface area contributed by atoms with Crippen LogP contribution in [0.2, 0.25) is 0 Å². The van der Waals surface area contributed by atoms with E-state index in [2.05, 4.69) is 17.1 Å². The van der Waals surface area contributed by atoms with Crippen LogP contribution in [0.3, 0.4) is 0 Å². The van der Waals surface area contributed by atoms with Crippen LogP contribution in [0.5, 0.6) is 0 Å². The largest absolute Gasteiger partial charge is 0.379 e. The fourth-order valence-corrected chi connectivity index (χ4v) is 10.4. The second-order valence-corrected chi connectivity index (χ2v) is 12.6. The van der Waals surface area contributed by atoms with Crippen molar-refractivity contribution >= 4 is 0 Å². The molecule has 3 heteroatoms. The quantitative estimate of drug-likeness (QED) is 0.480. The molecule has 0 N–H and O–H groups in total. The van der Waals surface area contributed by atoms with Crippen molar-refractivity contribution < 1.29 is 9.47 Å². The number of ether oxygens (including phenoxy) is 2. The van der Waals surface area contributed by atoms with Crippen LogP contribution < -0.4 is 0 Å². The second-order valence-electron chi connectivity index (χ2n) is 12.6. The van der Waals surface area contributed by atoms with E-state index in [9.17, 15) is 0 Å². The van der Waals surface area contributed by atoms with Gasteiger partial charge in [-0.2, -0.15) is 0 Å². The zero-order valence-corrected chi connectivity index (χ0v) is 20.1. The predicted molar refractivity (Wildman–Crippen MR) is 127 cm³/mol. The lowest BCUT2D eigenvalue weighted by molar-refractivity contribution is -0.183. The van der Waals surface area contributed by atoms with Crippen molar-refractivity contribution in [2.75, 3.05) is 26.3 Å². The van der Waals surface area contributed by atoms with Gasteiger partial charge >= 0.3 is 0 Å². The highest BCUT2D eigenvalue weighted by molar-refractivity contribution is 5.24. The first-order valence-electron chi connectivity index (χ1n) is 14.5. The normalized spacial score (nSPS) is 53.3. The highest BCUT2D eigenvalue weighted by Crippen LogP contribution is 2.63. The Balaban J connectivity index is 1.22. The summed E-state index contributed by atoms with van der Waals surface area (Å²) < 4.78 is 13.3. The Labute approximate surface area is 195 Å². The summed E-state index contributed by atoms with van der Waals surface area (Å²) in [6.07, 6.45) is 24.6. The van der Waals surface area contributed by atoms with Crippen LogP contribution >= 0.6 is 0 Å². The summed E-state index contributed by atoms with van der Waals surface area (Å²) in [6.45, 7) is 4.14. The minimum Gasteiger partial charge on any atom is -0.379 e. The number of hydrogen-bond acceptors (Lipinski definition) is 3. The van der Waals surface area contributed by atoms with Crippen LogP contribution in [0.25, 0.3) is 0 Å². The molecule has 5 aliphatic carbocycles. The fourth-order valence-electron chi connectivity index (χ4n) is 10.4. The first kappa shape index (κ1) is 20.9. The van der Waals surface area contributed by atoms with Gasteiger partial charge in [-0.3, -0.25) is 4.90 Å². The number of fused-ring (bicyclic) bond motifs is 8. The van der Waals surface area contributed by atoms with Crippen molar-refractivity contribution in [1.82, 2.24) is 4.90 Å². The smallest absolute Gasteiger partial charge is 0.0928 e. The lowest BCUT2D eigenvalue weighted by Gasteiger charge is -2.57. The second kappa shape index (κ2) is 8.38. The molecule has 0 aromatic carbocycles.